The predicted octanol–water partition coefficient (Wildman–Crippen LogP) is -0.0335. The number of esters is 1. The number of nitrogens with zero attached hydrogens (tertiary/aromatic N) is 1. The van der Waals surface area contributed by atoms with Crippen LogP contribution in [0.25, 0.3) is 0 Å². The normalized spacial score (nSPS) is 37.8. The van der Waals surface area contributed by atoms with Gasteiger partial charge in [-0.15, -0.1) is 0 Å². The van der Waals surface area contributed by atoms with Crippen LogP contribution in [0.5, 0.6) is 0 Å². The molecule has 0 radical (unpaired) electrons. The van der Waals surface area contributed by atoms with Gasteiger partial charge in [-0.2, -0.15) is 0 Å². The second-order valence-corrected chi connectivity index (χ2v) is 4.84. The molecule has 17 heavy (non-hydrogen) atoms. The summed E-state index contributed by atoms with van der Waals surface area (Å²) in [5.74, 6) is -1.06. The van der Waals surface area contributed by atoms with Crippen molar-refractivity contribution >= 4 is 17.8 Å². The molecule has 1 saturated carbocycles. The van der Waals surface area contributed by atoms with E-state index in [0.29, 0.717) is 0 Å². The molecule has 5 nitrogen and oxygen atoms in total. The van der Waals surface area contributed by atoms with Crippen LogP contribution in [-0.2, 0) is 19.1 Å². The Morgan fingerprint density at radius 2 is 1.82 bits per heavy atom. The van der Waals surface area contributed by atoms with Gasteiger partial charge in [0.2, 0.25) is 11.8 Å². The van der Waals surface area contributed by atoms with E-state index in [2.05, 4.69) is 4.74 Å². The van der Waals surface area contributed by atoms with Crippen molar-refractivity contribution in [2.75, 3.05) is 13.7 Å². The second kappa shape index (κ2) is 3.42. The number of allylic oxidation sites excluding steroid dienone is 2. The van der Waals surface area contributed by atoms with E-state index in [4.69, 9.17) is 0 Å². The fourth-order valence-electron chi connectivity index (χ4n) is 3.31. The van der Waals surface area contributed by atoms with Gasteiger partial charge in [-0.05, 0) is 18.3 Å². The molecule has 2 bridgehead atoms. The van der Waals surface area contributed by atoms with Crippen LogP contribution in [0.15, 0.2) is 12.2 Å². The summed E-state index contributed by atoms with van der Waals surface area (Å²) < 4.78 is 4.50. The topological polar surface area (TPSA) is 63.7 Å². The molecular weight excluding hydrogens is 222 g/mol. The molecule has 1 heterocycles. The Kier molecular flexibility index (Phi) is 2.11. The lowest BCUT2D eigenvalue weighted by Crippen LogP contribution is -2.37. The number of carbonyl (C=O) groups excluding carboxylic acids is 3. The molecule has 5 heteroatoms. The van der Waals surface area contributed by atoms with E-state index >= 15 is 0 Å². The first-order valence-electron chi connectivity index (χ1n) is 5.74. The van der Waals surface area contributed by atoms with Crippen molar-refractivity contribution < 1.29 is 19.1 Å². The highest BCUT2D eigenvalue weighted by Gasteiger charge is 2.59. The lowest BCUT2D eigenvalue weighted by atomic mass is 9.85. The highest BCUT2D eigenvalue weighted by Crippen LogP contribution is 2.52. The summed E-state index contributed by atoms with van der Waals surface area (Å²) in [6.07, 6.45) is 4.95. The van der Waals surface area contributed by atoms with Crippen LogP contribution in [0, 0.1) is 23.7 Å². The summed E-state index contributed by atoms with van der Waals surface area (Å²) in [6.45, 7) is -0.249. The average molecular weight is 235 g/mol. The zero-order valence-corrected chi connectivity index (χ0v) is 9.46. The molecule has 2 amide bonds. The number of fused-ring (bicyclic) bond motifs is 5. The van der Waals surface area contributed by atoms with Crippen LogP contribution < -0.4 is 0 Å². The molecule has 2 aliphatic carbocycles. The van der Waals surface area contributed by atoms with E-state index in [1.807, 2.05) is 12.2 Å². The number of carbonyl (C=O) groups is 3. The Morgan fingerprint density at radius 1 is 1.29 bits per heavy atom. The van der Waals surface area contributed by atoms with E-state index in [1.165, 1.54) is 7.11 Å². The molecule has 0 aromatic carbocycles. The van der Waals surface area contributed by atoms with Crippen molar-refractivity contribution in [2.45, 2.75) is 6.42 Å². The minimum atomic E-state index is -0.549. The van der Waals surface area contributed by atoms with Crippen molar-refractivity contribution in [1.29, 1.82) is 0 Å². The lowest BCUT2D eigenvalue weighted by molar-refractivity contribution is -0.151. The molecule has 2 fully saturated rings. The van der Waals surface area contributed by atoms with Crippen molar-refractivity contribution in [3.05, 3.63) is 12.2 Å². The maximum atomic E-state index is 12.1. The molecule has 0 N–H and O–H groups in total. The molecule has 3 rings (SSSR count). The summed E-state index contributed by atoms with van der Waals surface area (Å²) in [6, 6.07) is 0. The number of ether oxygens (including phenoxy) is 1. The SMILES string of the molecule is COC(=O)CN1C(=O)[C@@H]2[C@H](C1=O)[C@@H]1C=C[C@H]2C1. The fourth-order valence-corrected chi connectivity index (χ4v) is 3.31. The smallest absolute Gasteiger partial charge is 0.325 e. The Morgan fingerprint density at radius 3 is 2.29 bits per heavy atom. The van der Waals surface area contributed by atoms with E-state index in [1.54, 1.807) is 0 Å². The van der Waals surface area contributed by atoms with E-state index in [-0.39, 0.29) is 42.0 Å². The third kappa shape index (κ3) is 1.28. The van der Waals surface area contributed by atoms with Crippen molar-refractivity contribution in [2.24, 2.45) is 23.7 Å². The predicted molar refractivity (Wildman–Crippen MR) is 56.5 cm³/mol. The summed E-state index contributed by atoms with van der Waals surface area (Å²) in [5, 5.41) is 0. The summed E-state index contributed by atoms with van der Waals surface area (Å²) in [7, 11) is 1.25. The standard InChI is InChI=1S/C12H13NO4/c1-17-8(14)5-13-11(15)9-6-2-3-7(4-6)10(9)12(13)16/h2-3,6-7,9-10H,4-5H2,1H3/t6-,7+,9-,10+. The number of hydrogen-bond acceptors (Lipinski definition) is 4. The van der Waals surface area contributed by atoms with Crippen molar-refractivity contribution in [3.63, 3.8) is 0 Å². The van der Waals surface area contributed by atoms with Gasteiger partial charge in [0.15, 0.2) is 0 Å². The molecule has 90 valence electrons. The van der Waals surface area contributed by atoms with Crippen LogP contribution in [0.2, 0.25) is 0 Å². The lowest BCUT2D eigenvalue weighted by Gasteiger charge is -2.15. The fraction of sp³-hybridized carbons (Fsp3) is 0.583. The van der Waals surface area contributed by atoms with Crippen LogP contribution in [0.4, 0.5) is 0 Å². The van der Waals surface area contributed by atoms with Gasteiger partial charge in [0.05, 0.1) is 18.9 Å². The molecule has 3 aliphatic rings. The number of likely N-dealkylation sites (tertiary alicyclic amines) is 1. The quantitative estimate of drug-likeness (QED) is 0.383. The van der Waals surface area contributed by atoms with Gasteiger partial charge < -0.3 is 4.74 Å². The molecule has 4 atom stereocenters. The number of hydrogen-bond donors (Lipinski definition) is 0. The third-order valence-corrected chi connectivity index (χ3v) is 4.08. The Bertz CT molecular complexity index is 412. The van der Waals surface area contributed by atoms with Crippen molar-refractivity contribution in [3.8, 4) is 0 Å². The molecule has 1 aliphatic heterocycles. The molecule has 0 spiro atoms. The number of imide groups is 1. The Labute approximate surface area is 98.4 Å². The van der Waals surface area contributed by atoms with Gasteiger partial charge in [0.25, 0.3) is 0 Å². The van der Waals surface area contributed by atoms with Gasteiger partial charge >= 0.3 is 5.97 Å². The van der Waals surface area contributed by atoms with Gasteiger partial charge in [-0.25, -0.2) is 0 Å². The minimum Gasteiger partial charge on any atom is -0.468 e. The minimum absolute atomic E-state index is 0.184. The highest BCUT2D eigenvalue weighted by molar-refractivity contribution is 6.08. The summed E-state index contributed by atoms with van der Waals surface area (Å²) in [4.78, 5) is 36.4. The van der Waals surface area contributed by atoms with Crippen LogP contribution in [-0.4, -0.2) is 36.3 Å². The molecule has 1 saturated heterocycles. The van der Waals surface area contributed by atoms with Gasteiger partial charge in [-0.3, -0.25) is 19.3 Å². The monoisotopic (exact) mass is 235 g/mol. The van der Waals surface area contributed by atoms with Gasteiger partial charge in [0.1, 0.15) is 6.54 Å². The molecule has 0 unspecified atom stereocenters. The van der Waals surface area contributed by atoms with Gasteiger partial charge in [0, 0.05) is 0 Å². The highest BCUT2D eigenvalue weighted by atomic mass is 16.5. The van der Waals surface area contributed by atoms with Crippen LogP contribution in [0.3, 0.4) is 0 Å². The molecule has 0 aromatic heterocycles. The largest absolute Gasteiger partial charge is 0.468 e. The first-order valence-corrected chi connectivity index (χ1v) is 5.74. The maximum Gasteiger partial charge on any atom is 0.325 e. The number of methoxy groups -OCH3 is 1. The zero-order chi connectivity index (χ0) is 12.2. The number of rotatable bonds is 2. The van der Waals surface area contributed by atoms with Crippen LogP contribution in [0.1, 0.15) is 6.42 Å². The van der Waals surface area contributed by atoms with Crippen molar-refractivity contribution in [1.82, 2.24) is 4.90 Å². The first kappa shape index (κ1) is 10.5. The Hall–Kier alpha value is -1.65. The first-order chi connectivity index (χ1) is 8.13. The second-order valence-electron chi connectivity index (χ2n) is 4.84. The third-order valence-electron chi connectivity index (χ3n) is 4.08. The van der Waals surface area contributed by atoms with E-state index in [0.717, 1.165) is 11.3 Å². The average Bonchev–Trinajstić information content (AvgIpc) is 2.98. The summed E-state index contributed by atoms with van der Waals surface area (Å²) >= 11 is 0. The molecule has 0 aromatic rings. The summed E-state index contributed by atoms with van der Waals surface area (Å²) in [5.41, 5.74) is 0. The van der Waals surface area contributed by atoms with Gasteiger partial charge in [-0.1, -0.05) is 12.2 Å². The maximum absolute atomic E-state index is 12.1. The zero-order valence-electron chi connectivity index (χ0n) is 9.46. The van der Waals surface area contributed by atoms with E-state index < -0.39 is 5.97 Å². The van der Waals surface area contributed by atoms with Crippen LogP contribution >= 0.6 is 0 Å². The Balaban J connectivity index is 1.85. The molecular formula is C12H13NO4. The van der Waals surface area contributed by atoms with E-state index in [9.17, 15) is 14.4 Å². The number of amides is 2.